The quantitative estimate of drug-likeness (QED) is 0.897. The molecule has 6 heteroatoms. The van der Waals surface area contributed by atoms with Crippen LogP contribution in [0.3, 0.4) is 0 Å². The van der Waals surface area contributed by atoms with E-state index in [2.05, 4.69) is 20.2 Å². The molecule has 1 aliphatic heterocycles. The smallest absolute Gasteiger partial charge is 0.225 e. The number of aromatic nitrogens is 2. The predicted octanol–water partition coefficient (Wildman–Crippen LogP) is 1.75. The van der Waals surface area contributed by atoms with Crippen LogP contribution in [0.1, 0.15) is 32.1 Å². The number of hydrogen-bond acceptors (Lipinski definition) is 5. The Morgan fingerprint density at radius 3 is 2.57 bits per heavy atom. The Morgan fingerprint density at radius 1 is 1.13 bits per heavy atom. The largest absolute Gasteiger partial charge is 0.370 e. The molecule has 1 N–H and O–H groups in total. The van der Waals surface area contributed by atoms with Crippen LogP contribution < -0.4 is 10.2 Å². The van der Waals surface area contributed by atoms with Crippen molar-refractivity contribution in [2.75, 3.05) is 42.9 Å². The number of carbonyl (C=O) groups excluding carboxylic acids is 1. The molecule has 2 aliphatic carbocycles. The highest BCUT2D eigenvalue weighted by Gasteiger charge is 2.31. The lowest BCUT2D eigenvalue weighted by Crippen LogP contribution is -2.51. The molecule has 2 saturated carbocycles. The SMILES string of the molecule is O=C(C1CCC1)N1CCN(c2cc(NCC3CC3)ncn2)CC1. The number of hydrogen-bond donors (Lipinski definition) is 1. The fourth-order valence-corrected chi connectivity index (χ4v) is 3.26. The molecule has 0 bridgehead atoms. The van der Waals surface area contributed by atoms with Gasteiger partial charge < -0.3 is 15.1 Å². The summed E-state index contributed by atoms with van der Waals surface area (Å²) < 4.78 is 0. The zero-order chi connectivity index (χ0) is 15.6. The molecule has 1 aromatic rings. The second-order valence-corrected chi connectivity index (χ2v) is 7.03. The van der Waals surface area contributed by atoms with Crippen molar-refractivity contribution in [2.24, 2.45) is 11.8 Å². The van der Waals surface area contributed by atoms with Gasteiger partial charge in [0.05, 0.1) is 0 Å². The van der Waals surface area contributed by atoms with Crippen LogP contribution in [0.25, 0.3) is 0 Å². The molecule has 6 nitrogen and oxygen atoms in total. The van der Waals surface area contributed by atoms with Crippen LogP contribution in [0.15, 0.2) is 12.4 Å². The average molecular weight is 315 g/mol. The summed E-state index contributed by atoms with van der Waals surface area (Å²) in [5.41, 5.74) is 0. The summed E-state index contributed by atoms with van der Waals surface area (Å²) in [7, 11) is 0. The van der Waals surface area contributed by atoms with Crippen molar-refractivity contribution < 1.29 is 4.79 Å². The summed E-state index contributed by atoms with van der Waals surface area (Å²) in [5.74, 6) is 3.38. The third-order valence-corrected chi connectivity index (χ3v) is 5.29. The van der Waals surface area contributed by atoms with Crippen LogP contribution in [0, 0.1) is 11.8 Å². The van der Waals surface area contributed by atoms with E-state index in [1.807, 2.05) is 11.0 Å². The Balaban J connectivity index is 1.32. The van der Waals surface area contributed by atoms with Crippen molar-refractivity contribution >= 4 is 17.5 Å². The summed E-state index contributed by atoms with van der Waals surface area (Å²) in [6, 6.07) is 2.03. The molecule has 0 aromatic carbocycles. The lowest BCUT2D eigenvalue weighted by atomic mass is 9.84. The first-order chi connectivity index (χ1) is 11.3. The maximum absolute atomic E-state index is 12.3. The number of nitrogens with zero attached hydrogens (tertiary/aromatic N) is 4. The van der Waals surface area contributed by atoms with Crippen molar-refractivity contribution in [1.29, 1.82) is 0 Å². The Hall–Kier alpha value is -1.85. The van der Waals surface area contributed by atoms with Crippen LogP contribution in [-0.4, -0.2) is 53.5 Å². The summed E-state index contributed by atoms with van der Waals surface area (Å²) in [6.07, 6.45) is 7.69. The molecule has 0 spiro atoms. The molecular weight excluding hydrogens is 290 g/mol. The molecule has 124 valence electrons. The fraction of sp³-hybridized carbons (Fsp3) is 0.706. The van der Waals surface area contributed by atoms with E-state index in [9.17, 15) is 4.79 Å². The van der Waals surface area contributed by atoms with Crippen molar-refractivity contribution in [3.63, 3.8) is 0 Å². The van der Waals surface area contributed by atoms with Crippen LogP contribution in [0.4, 0.5) is 11.6 Å². The van der Waals surface area contributed by atoms with Gasteiger partial charge in [0.15, 0.2) is 0 Å². The van der Waals surface area contributed by atoms with Crippen LogP contribution in [0.2, 0.25) is 0 Å². The second-order valence-electron chi connectivity index (χ2n) is 7.03. The van der Waals surface area contributed by atoms with Gasteiger partial charge in [-0.2, -0.15) is 0 Å². The van der Waals surface area contributed by atoms with E-state index in [0.717, 1.165) is 63.1 Å². The highest BCUT2D eigenvalue weighted by Crippen LogP contribution is 2.30. The standard InChI is InChI=1S/C17H25N5O/c23-17(14-2-1-3-14)22-8-6-21(7-9-22)16-10-15(19-12-20-16)18-11-13-4-5-13/h10,12-14H,1-9,11H2,(H,18,19,20). The second kappa shape index (κ2) is 6.34. The highest BCUT2D eigenvalue weighted by atomic mass is 16.2. The molecule has 0 radical (unpaired) electrons. The minimum absolute atomic E-state index is 0.304. The van der Waals surface area contributed by atoms with Gasteiger partial charge in [-0.1, -0.05) is 6.42 Å². The fourth-order valence-electron chi connectivity index (χ4n) is 3.26. The minimum Gasteiger partial charge on any atom is -0.370 e. The van der Waals surface area contributed by atoms with E-state index in [4.69, 9.17) is 0 Å². The zero-order valence-electron chi connectivity index (χ0n) is 13.6. The summed E-state index contributed by atoms with van der Waals surface area (Å²) in [5, 5.41) is 3.40. The van der Waals surface area contributed by atoms with E-state index in [1.54, 1.807) is 6.33 Å². The molecule has 1 saturated heterocycles. The van der Waals surface area contributed by atoms with Crippen molar-refractivity contribution in [1.82, 2.24) is 14.9 Å². The van der Waals surface area contributed by atoms with E-state index in [1.165, 1.54) is 19.3 Å². The van der Waals surface area contributed by atoms with Gasteiger partial charge in [-0.3, -0.25) is 4.79 Å². The molecule has 1 aromatic heterocycles. The lowest BCUT2D eigenvalue weighted by molar-refractivity contribution is -0.138. The summed E-state index contributed by atoms with van der Waals surface area (Å²) in [6.45, 7) is 4.35. The first kappa shape index (κ1) is 14.7. The molecule has 0 atom stereocenters. The molecule has 23 heavy (non-hydrogen) atoms. The van der Waals surface area contributed by atoms with Gasteiger partial charge >= 0.3 is 0 Å². The number of nitrogens with one attached hydrogen (secondary N) is 1. The lowest BCUT2D eigenvalue weighted by Gasteiger charge is -2.38. The van der Waals surface area contributed by atoms with Gasteiger partial charge in [-0.05, 0) is 31.6 Å². The number of carbonyl (C=O) groups is 1. The Labute approximate surface area is 137 Å². The molecule has 0 unspecified atom stereocenters. The molecule has 2 heterocycles. The molecular formula is C17H25N5O. The number of rotatable bonds is 5. The first-order valence-electron chi connectivity index (χ1n) is 8.89. The van der Waals surface area contributed by atoms with Gasteiger partial charge in [-0.15, -0.1) is 0 Å². The van der Waals surface area contributed by atoms with Crippen LogP contribution in [0.5, 0.6) is 0 Å². The van der Waals surface area contributed by atoms with Gasteiger partial charge in [0.25, 0.3) is 0 Å². The highest BCUT2D eigenvalue weighted by molar-refractivity contribution is 5.79. The number of anilines is 2. The van der Waals surface area contributed by atoms with Crippen molar-refractivity contribution in [2.45, 2.75) is 32.1 Å². The number of amides is 1. The van der Waals surface area contributed by atoms with Gasteiger partial charge in [0.1, 0.15) is 18.0 Å². The van der Waals surface area contributed by atoms with Gasteiger partial charge in [0, 0.05) is 44.7 Å². The molecule has 4 rings (SSSR count). The first-order valence-corrected chi connectivity index (χ1v) is 8.89. The van der Waals surface area contributed by atoms with Gasteiger partial charge in [0.2, 0.25) is 5.91 Å². The van der Waals surface area contributed by atoms with E-state index in [0.29, 0.717) is 11.8 Å². The third kappa shape index (κ3) is 3.41. The summed E-state index contributed by atoms with van der Waals surface area (Å²) in [4.78, 5) is 25.3. The minimum atomic E-state index is 0.304. The van der Waals surface area contributed by atoms with Crippen molar-refractivity contribution in [3.05, 3.63) is 12.4 Å². The zero-order valence-corrected chi connectivity index (χ0v) is 13.6. The number of piperazine rings is 1. The van der Waals surface area contributed by atoms with Crippen LogP contribution >= 0.6 is 0 Å². The van der Waals surface area contributed by atoms with E-state index >= 15 is 0 Å². The monoisotopic (exact) mass is 315 g/mol. The van der Waals surface area contributed by atoms with Gasteiger partial charge in [-0.25, -0.2) is 9.97 Å². The Bertz CT molecular complexity index is 562. The average Bonchev–Trinajstić information content (AvgIpc) is 3.36. The topological polar surface area (TPSA) is 61.4 Å². The normalized spacial score (nSPS) is 21.9. The summed E-state index contributed by atoms with van der Waals surface area (Å²) >= 11 is 0. The molecule has 1 amide bonds. The Kier molecular flexibility index (Phi) is 4.06. The maximum atomic E-state index is 12.3. The molecule has 3 fully saturated rings. The Morgan fingerprint density at radius 2 is 1.91 bits per heavy atom. The maximum Gasteiger partial charge on any atom is 0.225 e. The molecule has 3 aliphatic rings. The predicted molar refractivity (Wildman–Crippen MR) is 89.4 cm³/mol. The van der Waals surface area contributed by atoms with E-state index in [-0.39, 0.29) is 0 Å². The van der Waals surface area contributed by atoms with Crippen LogP contribution in [-0.2, 0) is 4.79 Å². The third-order valence-electron chi connectivity index (χ3n) is 5.29. The van der Waals surface area contributed by atoms with Crippen molar-refractivity contribution in [3.8, 4) is 0 Å². The van der Waals surface area contributed by atoms with E-state index < -0.39 is 0 Å².